The summed E-state index contributed by atoms with van der Waals surface area (Å²) in [5, 5.41) is 6.78. The minimum Gasteiger partial charge on any atom is -0.495 e. The van der Waals surface area contributed by atoms with Crippen molar-refractivity contribution in [2.45, 2.75) is 12.8 Å². The van der Waals surface area contributed by atoms with Crippen LogP contribution in [0.4, 0.5) is 16.5 Å². The summed E-state index contributed by atoms with van der Waals surface area (Å²) < 4.78 is 5.18. The number of benzene rings is 2. The fourth-order valence-electron chi connectivity index (χ4n) is 3.15. The molecule has 0 spiro atoms. The fraction of sp³-hybridized carbons (Fsp3) is 0.250. The van der Waals surface area contributed by atoms with E-state index < -0.39 is 0 Å². The Hall–Kier alpha value is -2.24. The van der Waals surface area contributed by atoms with Gasteiger partial charge in [-0.3, -0.25) is 0 Å². The van der Waals surface area contributed by atoms with Crippen molar-refractivity contribution >= 4 is 39.4 Å². The van der Waals surface area contributed by atoms with Gasteiger partial charge in [-0.1, -0.05) is 23.7 Å². The molecule has 0 atom stereocenters. The monoisotopic (exact) mass is 385 g/mol. The Bertz CT molecular complexity index is 888. The Morgan fingerprint density at radius 3 is 2.58 bits per heavy atom. The molecule has 0 bridgehead atoms. The zero-order chi connectivity index (χ0) is 17.9. The third-order valence-corrected chi connectivity index (χ3v) is 5.59. The van der Waals surface area contributed by atoms with Crippen molar-refractivity contribution in [3.05, 3.63) is 52.9 Å². The number of halogens is 1. The average molecular weight is 386 g/mol. The highest BCUT2D eigenvalue weighted by atomic mass is 35.5. The largest absolute Gasteiger partial charge is 0.495 e. The van der Waals surface area contributed by atoms with Gasteiger partial charge < -0.3 is 15.0 Å². The molecule has 0 saturated carbocycles. The molecule has 0 radical (unpaired) electrons. The number of thiazole rings is 1. The van der Waals surface area contributed by atoms with Crippen LogP contribution in [0.5, 0.6) is 5.75 Å². The second-order valence-electron chi connectivity index (χ2n) is 6.25. The molecular weight excluding hydrogens is 366 g/mol. The Morgan fingerprint density at radius 1 is 1.12 bits per heavy atom. The number of methoxy groups -OCH3 is 1. The molecule has 1 saturated heterocycles. The first-order valence-electron chi connectivity index (χ1n) is 8.64. The number of nitrogens with zero attached hydrogens (tertiary/aromatic N) is 2. The van der Waals surface area contributed by atoms with Gasteiger partial charge in [0.25, 0.3) is 0 Å². The summed E-state index contributed by atoms with van der Waals surface area (Å²) in [4.78, 5) is 7.13. The summed E-state index contributed by atoms with van der Waals surface area (Å²) in [5.74, 6) is 0.662. The maximum Gasteiger partial charge on any atom is 0.187 e. The number of rotatable bonds is 5. The number of nitrogens with one attached hydrogen (secondary N) is 1. The Morgan fingerprint density at radius 2 is 1.88 bits per heavy atom. The molecule has 0 unspecified atom stereocenters. The first-order valence-corrected chi connectivity index (χ1v) is 9.90. The lowest BCUT2D eigenvalue weighted by molar-refractivity contribution is 0.415. The summed E-state index contributed by atoms with van der Waals surface area (Å²) in [6, 6.07) is 14.3. The van der Waals surface area contributed by atoms with Crippen LogP contribution in [0.15, 0.2) is 47.8 Å². The topological polar surface area (TPSA) is 37.4 Å². The van der Waals surface area contributed by atoms with Gasteiger partial charge in [-0.15, -0.1) is 11.3 Å². The lowest BCUT2D eigenvalue weighted by atomic mass is 10.1. The van der Waals surface area contributed by atoms with E-state index in [1.807, 2.05) is 18.2 Å². The second kappa shape index (κ2) is 7.56. The second-order valence-corrected chi connectivity index (χ2v) is 7.52. The van der Waals surface area contributed by atoms with E-state index in [-0.39, 0.29) is 0 Å². The van der Waals surface area contributed by atoms with E-state index in [2.05, 4.69) is 39.9 Å². The predicted octanol–water partition coefficient (Wildman–Crippen LogP) is 5.82. The van der Waals surface area contributed by atoms with Crippen molar-refractivity contribution < 1.29 is 4.74 Å². The van der Waals surface area contributed by atoms with Crippen molar-refractivity contribution in [1.29, 1.82) is 0 Å². The molecule has 2 aromatic carbocycles. The van der Waals surface area contributed by atoms with Crippen LogP contribution >= 0.6 is 22.9 Å². The standard InChI is InChI=1S/C20H20ClN3OS/c1-25-19-9-6-15(12-17(19)21)22-20-23-18(13-26-20)14-4-7-16(8-5-14)24-10-2-3-11-24/h4-9,12-13H,2-3,10-11H2,1H3,(H,22,23). The van der Waals surface area contributed by atoms with Crippen LogP contribution in [0.2, 0.25) is 5.02 Å². The summed E-state index contributed by atoms with van der Waals surface area (Å²) in [6.07, 6.45) is 2.58. The van der Waals surface area contributed by atoms with Gasteiger partial charge in [0.2, 0.25) is 0 Å². The zero-order valence-electron chi connectivity index (χ0n) is 14.5. The highest BCUT2D eigenvalue weighted by Crippen LogP contribution is 2.32. The van der Waals surface area contributed by atoms with E-state index in [1.54, 1.807) is 18.4 Å². The van der Waals surface area contributed by atoms with Gasteiger partial charge in [-0.05, 0) is 43.2 Å². The third kappa shape index (κ3) is 3.64. The van der Waals surface area contributed by atoms with Crippen molar-refractivity contribution in [3.8, 4) is 17.0 Å². The molecule has 1 fully saturated rings. The highest BCUT2D eigenvalue weighted by molar-refractivity contribution is 7.14. The van der Waals surface area contributed by atoms with Gasteiger partial charge in [0.05, 0.1) is 17.8 Å². The van der Waals surface area contributed by atoms with Crippen molar-refractivity contribution in [1.82, 2.24) is 4.98 Å². The van der Waals surface area contributed by atoms with Gasteiger partial charge in [-0.2, -0.15) is 0 Å². The van der Waals surface area contributed by atoms with Gasteiger partial charge >= 0.3 is 0 Å². The van der Waals surface area contributed by atoms with Crippen LogP contribution in [0.25, 0.3) is 11.3 Å². The van der Waals surface area contributed by atoms with E-state index in [0.29, 0.717) is 10.8 Å². The minimum absolute atomic E-state index is 0.576. The lowest BCUT2D eigenvalue weighted by Gasteiger charge is -2.17. The Balaban J connectivity index is 1.48. The quantitative estimate of drug-likeness (QED) is 0.600. The van der Waals surface area contributed by atoms with Crippen LogP contribution in [-0.2, 0) is 0 Å². The molecule has 0 aliphatic carbocycles. The van der Waals surface area contributed by atoms with Gasteiger partial charge in [0, 0.05) is 35.4 Å². The summed E-state index contributed by atoms with van der Waals surface area (Å²) in [7, 11) is 1.61. The van der Waals surface area contributed by atoms with E-state index in [9.17, 15) is 0 Å². The fourth-order valence-corrected chi connectivity index (χ4v) is 4.15. The normalized spacial score (nSPS) is 13.8. The van der Waals surface area contributed by atoms with Gasteiger partial charge in [0.1, 0.15) is 5.75 Å². The van der Waals surface area contributed by atoms with Gasteiger partial charge in [0.15, 0.2) is 5.13 Å². The van der Waals surface area contributed by atoms with E-state index in [4.69, 9.17) is 21.3 Å². The molecular formula is C20H20ClN3OS. The smallest absolute Gasteiger partial charge is 0.187 e. The van der Waals surface area contributed by atoms with E-state index in [1.165, 1.54) is 18.5 Å². The molecule has 1 aromatic heterocycles. The van der Waals surface area contributed by atoms with E-state index >= 15 is 0 Å². The summed E-state index contributed by atoms with van der Waals surface area (Å²) in [6.45, 7) is 2.32. The maximum absolute atomic E-state index is 6.18. The zero-order valence-corrected chi connectivity index (χ0v) is 16.1. The molecule has 3 aromatic rings. The maximum atomic E-state index is 6.18. The number of ether oxygens (including phenoxy) is 1. The van der Waals surface area contributed by atoms with Crippen LogP contribution in [0, 0.1) is 0 Å². The minimum atomic E-state index is 0.576. The van der Waals surface area contributed by atoms with Crippen LogP contribution < -0.4 is 15.0 Å². The highest BCUT2D eigenvalue weighted by Gasteiger charge is 2.12. The van der Waals surface area contributed by atoms with Crippen LogP contribution in [0.1, 0.15) is 12.8 Å². The lowest BCUT2D eigenvalue weighted by Crippen LogP contribution is -2.17. The van der Waals surface area contributed by atoms with Crippen molar-refractivity contribution in [2.24, 2.45) is 0 Å². The molecule has 4 rings (SSSR count). The summed E-state index contributed by atoms with van der Waals surface area (Å²) >= 11 is 7.76. The van der Waals surface area contributed by atoms with Crippen molar-refractivity contribution in [3.63, 3.8) is 0 Å². The molecule has 134 valence electrons. The molecule has 0 amide bonds. The van der Waals surface area contributed by atoms with E-state index in [0.717, 1.165) is 35.2 Å². The Labute approximate surface area is 162 Å². The molecule has 1 aliphatic rings. The van der Waals surface area contributed by atoms with Crippen LogP contribution in [0.3, 0.4) is 0 Å². The number of anilines is 3. The molecule has 6 heteroatoms. The molecule has 26 heavy (non-hydrogen) atoms. The molecule has 2 heterocycles. The van der Waals surface area contributed by atoms with Crippen LogP contribution in [-0.4, -0.2) is 25.2 Å². The molecule has 4 nitrogen and oxygen atoms in total. The van der Waals surface area contributed by atoms with Crippen molar-refractivity contribution in [2.75, 3.05) is 30.4 Å². The predicted molar refractivity (Wildman–Crippen MR) is 110 cm³/mol. The number of aromatic nitrogens is 1. The average Bonchev–Trinajstić information content (AvgIpc) is 3.34. The molecule has 1 N–H and O–H groups in total. The first-order chi connectivity index (χ1) is 12.7. The first kappa shape index (κ1) is 17.2. The Kier molecular flexibility index (Phi) is 5.00. The third-order valence-electron chi connectivity index (χ3n) is 4.54. The van der Waals surface area contributed by atoms with Gasteiger partial charge in [-0.25, -0.2) is 4.98 Å². The molecule has 1 aliphatic heterocycles. The summed E-state index contributed by atoms with van der Waals surface area (Å²) in [5.41, 5.74) is 4.30. The SMILES string of the molecule is COc1ccc(Nc2nc(-c3ccc(N4CCCC4)cc3)cs2)cc1Cl. The number of hydrogen-bond donors (Lipinski definition) is 1. The number of hydrogen-bond acceptors (Lipinski definition) is 5.